The molecule has 0 unspecified atom stereocenters. The van der Waals surface area contributed by atoms with Crippen LogP contribution < -0.4 is 9.47 Å². The number of carboxylic acid groups (broad SMARTS) is 1. The van der Waals surface area contributed by atoms with Crippen LogP contribution in [0.25, 0.3) is 0 Å². The summed E-state index contributed by atoms with van der Waals surface area (Å²) < 4.78 is 11.4. The van der Waals surface area contributed by atoms with Crippen LogP contribution in [-0.4, -0.2) is 48.7 Å². The number of likely N-dealkylation sites (tertiary alicyclic amines) is 1. The fourth-order valence-corrected chi connectivity index (χ4v) is 3.30. The molecular formula is C16H20BrNO5. The number of halogens is 1. The summed E-state index contributed by atoms with van der Waals surface area (Å²) in [4.78, 5) is 25.4. The zero-order chi connectivity index (χ0) is 17.0. The van der Waals surface area contributed by atoms with Crippen molar-refractivity contribution < 1.29 is 24.2 Å². The highest BCUT2D eigenvalue weighted by molar-refractivity contribution is 9.10. The van der Waals surface area contributed by atoms with Gasteiger partial charge in [-0.15, -0.1) is 0 Å². The van der Waals surface area contributed by atoms with Crippen LogP contribution in [0.2, 0.25) is 0 Å². The number of piperidine rings is 1. The normalized spacial score (nSPS) is 17.7. The molecule has 1 N–H and O–H groups in total. The second-order valence-corrected chi connectivity index (χ2v) is 6.21. The number of rotatable bonds is 5. The van der Waals surface area contributed by atoms with Gasteiger partial charge < -0.3 is 19.5 Å². The number of hydrogen-bond donors (Lipinski definition) is 1. The molecule has 1 fully saturated rings. The van der Waals surface area contributed by atoms with Gasteiger partial charge in [0.1, 0.15) is 0 Å². The Balaban J connectivity index is 2.26. The highest BCUT2D eigenvalue weighted by atomic mass is 79.9. The van der Waals surface area contributed by atoms with Gasteiger partial charge in [-0.3, -0.25) is 9.59 Å². The number of benzene rings is 1. The van der Waals surface area contributed by atoms with Gasteiger partial charge in [0, 0.05) is 18.7 Å². The van der Waals surface area contributed by atoms with Crippen LogP contribution in [0.3, 0.4) is 0 Å². The lowest BCUT2D eigenvalue weighted by molar-refractivity contribution is -0.143. The molecule has 1 atom stereocenters. The molecule has 1 aromatic carbocycles. The first-order valence-corrected chi connectivity index (χ1v) is 8.29. The van der Waals surface area contributed by atoms with Crippen LogP contribution in [0, 0.1) is 5.92 Å². The van der Waals surface area contributed by atoms with E-state index in [-0.39, 0.29) is 12.5 Å². The molecule has 1 aromatic rings. The standard InChI is InChI=1S/C16H20BrNO5/c1-3-23-13-8-11(7-12(17)14(13)22-2)15(19)18-6-4-5-10(9-18)16(20)21/h7-8,10H,3-6,9H2,1-2H3,(H,20,21)/t10-/m0/s1. The minimum absolute atomic E-state index is 0.194. The fourth-order valence-electron chi connectivity index (χ4n) is 2.70. The molecule has 23 heavy (non-hydrogen) atoms. The zero-order valence-corrected chi connectivity index (χ0v) is 14.8. The number of carbonyl (C=O) groups is 2. The lowest BCUT2D eigenvalue weighted by atomic mass is 9.97. The minimum atomic E-state index is -0.853. The number of carbonyl (C=O) groups excluding carboxylic acids is 1. The van der Waals surface area contributed by atoms with E-state index in [1.807, 2.05) is 6.92 Å². The van der Waals surface area contributed by atoms with Crippen LogP contribution in [-0.2, 0) is 4.79 Å². The van der Waals surface area contributed by atoms with Gasteiger partial charge in [0.2, 0.25) is 0 Å². The quantitative estimate of drug-likeness (QED) is 0.842. The van der Waals surface area contributed by atoms with Crippen molar-refractivity contribution in [1.29, 1.82) is 0 Å². The highest BCUT2D eigenvalue weighted by Crippen LogP contribution is 2.37. The van der Waals surface area contributed by atoms with Crippen molar-refractivity contribution in [1.82, 2.24) is 4.90 Å². The summed E-state index contributed by atoms with van der Waals surface area (Å²) in [5.74, 6) is -0.528. The Morgan fingerprint density at radius 1 is 1.43 bits per heavy atom. The molecule has 1 amide bonds. The fraction of sp³-hybridized carbons (Fsp3) is 0.500. The predicted octanol–water partition coefficient (Wildman–Crippen LogP) is 2.79. The van der Waals surface area contributed by atoms with Gasteiger partial charge in [-0.2, -0.15) is 0 Å². The van der Waals surface area contributed by atoms with E-state index in [4.69, 9.17) is 14.6 Å². The SMILES string of the molecule is CCOc1cc(C(=O)N2CCC[C@H](C(=O)O)C2)cc(Br)c1OC. The summed E-state index contributed by atoms with van der Waals surface area (Å²) in [6.45, 7) is 3.10. The van der Waals surface area contributed by atoms with Gasteiger partial charge in [-0.25, -0.2) is 0 Å². The Morgan fingerprint density at radius 3 is 2.78 bits per heavy atom. The van der Waals surface area contributed by atoms with Gasteiger partial charge in [0.15, 0.2) is 11.5 Å². The molecule has 0 aliphatic carbocycles. The predicted molar refractivity (Wildman–Crippen MR) is 88.1 cm³/mol. The first-order valence-electron chi connectivity index (χ1n) is 7.50. The lowest BCUT2D eigenvalue weighted by Gasteiger charge is -2.31. The molecule has 126 valence electrons. The third kappa shape index (κ3) is 3.96. The van der Waals surface area contributed by atoms with Crippen LogP contribution in [0.4, 0.5) is 0 Å². The summed E-state index contributed by atoms with van der Waals surface area (Å²) in [6, 6.07) is 3.31. The van der Waals surface area contributed by atoms with Gasteiger partial charge >= 0.3 is 5.97 Å². The van der Waals surface area contributed by atoms with E-state index in [1.54, 1.807) is 17.0 Å². The number of hydrogen-bond acceptors (Lipinski definition) is 4. The summed E-state index contributed by atoms with van der Waals surface area (Å²) in [5.41, 5.74) is 0.451. The number of aliphatic carboxylic acids is 1. The highest BCUT2D eigenvalue weighted by Gasteiger charge is 2.29. The van der Waals surface area contributed by atoms with E-state index in [1.165, 1.54) is 7.11 Å². The summed E-state index contributed by atoms with van der Waals surface area (Å²) >= 11 is 3.39. The Morgan fingerprint density at radius 2 is 2.17 bits per heavy atom. The summed E-state index contributed by atoms with van der Waals surface area (Å²) in [5, 5.41) is 9.15. The maximum Gasteiger partial charge on any atom is 0.308 e. The maximum atomic E-state index is 12.7. The van der Waals surface area contributed by atoms with Crippen molar-refractivity contribution in [2.45, 2.75) is 19.8 Å². The van der Waals surface area contributed by atoms with Crippen LogP contribution in [0.5, 0.6) is 11.5 Å². The monoisotopic (exact) mass is 385 g/mol. The Labute approximate surface area is 143 Å². The molecule has 0 radical (unpaired) electrons. The molecule has 0 spiro atoms. The van der Waals surface area contributed by atoms with Crippen molar-refractivity contribution >= 4 is 27.8 Å². The van der Waals surface area contributed by atoms with Crippen LogP contribution in [0.15, 0.2) is 16.6 Å². The van der Waals surface area contributed by atoms with E-state index >= 15 is 0 Å². The molecular weight excluding hydrogens is 366 g/mol. The topological polar surface area (TPSA) is 76.1 Å². The van der Waals surface area contributed by atoms with E-state index < -0.39 is 11.9 Å². The average Bonchev–Trinajstić information content (AvgIpc) is 2.54. The molecule has 1 saturated heterocycles. The van der Waals surface area contributed by atoms with E-state index in [2.05, 4.69) is 15.9 Å². The smallest absolute Gasteiger partial charge is 0.308 e. The van der Waals surface area contributed by atoms with Crippen molar-refractivity contribution in [3.8, 4) is 11.5 Å². The Bertz CT molecular complexity index is 604. The first kappa shape index (κ1) is 17.6. The van der Waals surface area contributed by atoms with Gasteiger partial charge in [0.05, 0.1) is 24.1 Å². The van der Waals surface area contributed by atoms with Gasteiger partial charge in [-0.1, -0.05) is 0 Å². The number of methoxy groups -OCH3 is 1. The number of ether oxygens (including phenoxy) is 2. The van der Waals surface area contributed by atoms with E-state index in [9.17, 15) is 9.59 Å². The Hall–Kier alpha value is -1.76. The van der Waals surface area contributed by atoms with Crippen LogP contribution in [0.1, 0.15) is 30.1 Å². The van der Waals surface area contributed by atoms with E-state index in [0.717, 1.165) is 0 Å². The van der Waals surface area contributed by atoms with Crippen molar-refractivity contribution in [2.75, 3.05) is 26.8 Å². The van der Waals surface area contributed by atoms with E-state index in [0.29, 0.717) is 47.5 Å². The van der Waals surface area contributed by atoms with Crippen molar-refractivity contribution in [3.63, 3.8) is 0 Å². The summed E-state index contributed by atoms with van der Waals surface area (Å²) in [7, 11) is 1.53. The number of amides is 1. The maximum absolute atomic E-state index is 12.7. The van der Waals surface area contributed by atoms with Gasteiger partial charge in [-0.05, 0) is 47.8 Å². The lowest BCUT2D eigenvalue weighted by Crippen LogP contribution is -2.42. The van der Waals surface area contributed by atoms with Crippen molar-refractivity contribution in [2.24, 2.45) is 5.92 Å². The molecule has 1 heterocycles. The summed E-state index contributed by atoms with van der Waals surface area (Å²) in [6.07, 6.45) is 1.30. The second-order valence-electron chi connectivity index (χ2n) is 5.35. The minimum Gasteiger partial charge on any atom is -0.492 e. The third-order valence-electron chi connectivity index (χ3n) is 3.82. The molecule has 6 nitrogen and oxygen atoms in total. The molecule has 1 aliphatic heterocycles. The number of nitrogens with zero attached hydrogens (tertiary/aromatic N) is 1. The molecule has 0 aromatic heterocycles. The second kappa shape index (κ2) is 7.68. The van der Waals surface area contributed by atoms with Crippen LogP contribution >= 0.6 is 15.9 Å². The van der Waals surface area contributed by atoms with Crippen molar-refractivity contribution in [3.05, 3.63) is 22.2 Å². The molecule has 2 rings (SSSR count). The third-order valence-corrected chi connectivity index (χ3v) is 4.41. The first-order chi connectivity index (χ1) is 11.0. The Kier molecular flexibility index (Phi) is 5.87. The average molecular weight is 386 g/mol. The number of carboxylic acids is 1. The largest absolute Gasteiger partial charge is 0.492 e. The molecule has 7 heteroatoms. The molecule has 1 aliphatic rings. The van der Waals surface area contributed by atoms with Gasteiger partial charge in [0.25, 0.3) is 5.91 Å². The zero-order valence-electron chi connectivity index (χ0n) is 13.2. The molecule has 0 saturated carbocycles. The molecule has 0 bridgehead atoms.